The molecule has 1 aliphatic carbocycles. The van der Waals surface area contributed by atoms with E-state index in [2.05, 4.69) is 20.9 Å². The van der Waals surface area contributed by atoms with Gasteiger partial charge in [0.1, 0.15) is 0 Å². The third kappa shape index (κ3) is 1.41. The molecule has 98 valence electrons. The number of aryl methyl sites for hydroxylation is 1. The first-order valence-electron chi connectivity index (χ1n) is 6.21. The third-order valence-corrected chi connectivity index (χ3v) is 4.13. The van der Waals surface area contributed by atoms with Crippen LogP contribution in [-0.2, 0) is 7.05 Å². The van der Waals surface area contributed by atoms with Crippen molar-refractivity contribution in [1.29, 1.82) is 0 Å². The van der Waals surface area contributed by atoms with Crippen molar-refractivity contribution in [2.45, 2.75) is 0 Å². The van der Waals surface area contributed by atoms with Gasteiger partial charge < -0.3 is 0 Å². The summed E-state index contributed by atoms with van der Waals surface area (Å²) in [6.45, 7) is 0. The summed E-state index contributed by atoms with van der Waals surface area (Å²) in [5, 5.41) is 0.968. The van der Waals surface area contributed by atoms with Crippen LogP contribution in [0.15, 0.2) is 51.9 Å². The van der Waals surface area contributed by atoms with Crippen LogP contribution in [0.2, 0.25) is 0 Å². The molecule has 5 heteroatoms. The molecular formula is C15H10BrN3O. The molecule has 1 aromatic carbocycles. The largest absolute Gasteiger partial charge is 0.333 e. The van der Waals surface area contributed by atoms with Crippen molar-refractivity contribution in [2.24, 2.45) is 7.05 Å². The Labute approximate surface area is 122 Å². The quantitative estimate of drug-likeness (QED) is 0.689. The van der Waals surface area contributed by atoms with E-state index in [9.17, 15) is 4.79 Å². The van der Waals surface area contributed by atoms with E-state index in [0.717, 1.165) is 32.1 Å². The smallest absolute Gasteiger partial charge is 0.293 e. The second-order valence-corrected chi connectivity index (χ2v) is 5.70. The summed E-state index contributed by atoms with van der Waals surface area (Å²) in [4.78, 5) is 16.9. The number of imidazole rings is 1. The van der Waals surface area contributed by atoms with Crippen LogP contribution in [0.5, 0.6) is 0 Å². The van der Waals surface area contributed by atoms with E-state index in [1.807, 2.05) is 36.4 Å². The zero-order valence-corrected chi connectivity index (χ0v) is 12.3. The van der Waals surface area contributed by atoms with E-state index in [0.29, 0.717) is 0 Å². The van der Waals surface area contributed by atoms with Gasteiger partial charge in [0.2, 0.25) is 0 Å². The molecule has 0 bridgehead atoms. The molecule has 4 nitrogen and oxygen atoms in total. The second-order valence-electron chi connectivity index (χ2n) is 4.78. The Morgan fingerprint density at radius 1 is 1.30 bits per heavy atom. The summed E-state index contributed by atoms with van der Waals surface area (Å²) in [5.41, 5.74) is 3.48. The zero-order chi connectivity index (χ0) is 13.9. The number of rotatable bonds is 1. The Hall–Kier alpha value is -2.14. The van der Waals surface area contributed by atoms with Crippen molar-refractivity contribution in [2.75, 3.05) is 0 Å². The van der Waals surface area contributed by atoms with E-state index in [-0.39, 0.29) is 5.69 Å². The van der Waals surface area contributed by atoms with Gasteiger partial charge in [0, 0.05) is 16.9 Å². The third-order valence-electron chi connectivity index (χ3n) is 3.64. The molecule has 20 heavy (non-hydrogen) atoms. The topological polar surface area (TPSA) is 39.8 Å². The molecule has 0 saturated heterocycles. The number of hydrogen-bond donors (Lipinski definition) is 0. The number of fused-ring (bicyclic) bond motifs is 3. The molecule has 0 amide bonds. The van der Waals surface area contributed by atoms with Gasteiger partial charge in [-0.1, -0.05) is 22.0 Å². The van der Waals surface area contributed by atoms with Crippen LogP contribution in [0.4, 0.5) is 0 Å². The Balaban J connectivity index is 2.28. The van der Waals surface area contributed by atoms with E-state index in [1.165, 1.54) is 0 Å². The van der Waals surface area contributed by atoms with E-state index >= 15 is 0 Å². The average Bonchev–Trinajstić information content (AvgIpc) is 2.63. The van der Waals surface area contributed by atoms with E-state index in [1.54, 1.807) is 22.4 Å². The van der Waals surface area contributed by atoms with Gasteiger partial charge in [-0.05, 0) is 30.4 Å². The van der Waals surface area contributed by atoms with Crippen LogP contribution in [0, 0.1) is 0 Å². The molecule has 0 fully saturated rings. The van der Waals surface area contributed by atoms with Gasteiger partial charge in [-0.25, -0.2) is 4.79 Å². The first-order chi connectivity index (χ1) is 9.66. The first kappa shape index (κ1) is 11.7. The Kier molecular flexibility index (Phi) is 2.29. The summed E-state index contributed by atoms with van der Waals surface area (Å²) in [5.74, 6) is 0. The fraction of sp³-hybridized carbons (Fsp3) is 0.0667. The molecule has 0 radical (unpaired) electrons. The van der Waals surface area contributed by atoms with Crippen LogP contribution in [-0.4, -0.2) is 14.1 Å². The van der Waals surface area contributed by atoms with E-state index in [4.69, 9.17) is 0 Å². The van der Waals surface area contributed by atoms with Gasteiger partial charge in [0.15, 0.2) is 0 Å². The fourth-order valence-corrected chi connectivity index (χ4v) is 2.90. The highest BCUT2D eigenvalue weighted by molar-refractivity contribution is 9.10. The molecule has 0 aliphatic heterocycles. The minimum absolute atomic E-state index is 0.0510. The lowest BCUT2D eigenvalue weighted by Crippen LogP contribution is -2.22. The number of nitrogens with zero attached hydrogens (tertiary/aromatic N) is 3. The predicted molar refractivity (Wildman–Crippen MR) is 83.6 cm³/mol. The standard InChI is InChI=1S/C15H10BrN3O/c1-18-13-8-17-12-6-5-9(16)7-11(12)14(13)19(15(18)20)10-3-2-4-10/h2-8H,1H3. The molecule has 2 aromatic heterocycles. The number of aromatic nitrogens is 3. The molecule has 0 saturated carbocycles. The van der Waals surface area contributed by atoms with Crippen LogP contribution in [0.25, 0.3) is 27.6 Å². The van der Waals surface area contributed by atoms with Crippen LogP contribution < -0.4 is 5.69 Å². The second kappa shape index (κ2) is 3.93. The maximum atomic E-state index is 12.5. The van der Waals surface area contributed by atoms with Gasteiger partial charge >= 0.3 is 5.69 Å². The average molecular weight is 328 g/mol. The molecular weight excluding hydrogens is 318 g/mol. The summed E-state index contributed by atoms with van der Waals surface area (Å²) >= 11 is 3.49. The summed E-state index contributed by atoms with van der Waals surface area (Å²) in [6.07, 6.45) is 7.56. The molecule has 2 heterocycles. The lowest BCUT2D eigenvalue weighted by molar-refractivity contribution is 0.853. The number of pyridine rings is 1. The fourth-order valence-electron chi connectivity index (χ4n) is 2.54. The Morgan fingerprint density at radius 2 is 2.10 bits per heavy atom. The van der Waals surface area contributed by atoms with Crippen molar-refractivity contribution in [3.8, 4) is 0 Å². The minimum Gasteiger partial charge on any atom is -0.293 e. The van der Waals surface area contributed by atoms with Crippen LogP contribution >= 0.6 is 15.9 Å². The molecule has 0 unspecified atom stereocenters. The van der Waals surface area contributed by atoms with E-state index < -0.39 is 0 Å². The summed E-state index contributed by atoms with van der Waals surface area (Å²) in [7, 11) is 1.77. The molecule has 4 rings (SSSR count). The minimum atomic E-state index is -0.0510. The van der Waals surface area contributed by atoms with Gasteiger partial charge in [-0.15, -0.1) is 0 Å². The highest BCUT2D eigenvalue weighted by atomic mass is 79.9. The lowest BCUT2D eigenvalue weighted by atomic mass is 10.1. The monoisotopic (exact) mass is 327 g/mol. The normalized spacial score (nSPS) is 13.8. The van der Waals surface area contributed by atoms with Crippen molar-refractivity contribution >= 4 is 43.6 Å². The first-order valence-corrected chi connectivity index (χ1v) is 7.00. The summed E-state index contributed by atoms with van der Waals surface area (Å²) in [6, 6.07) is 5.91. The zero-order valence-electron chi connectivity index (χ0n) is 10.7. The van der Waals surface area contributed by atoms with Crippen LogP contribution in [0.1, 0.15) is 0 Å². The van der Waals surface area contributed by atoms with Crippen molar-refractivity contribution in [3.63, 3.8) is 0 Å². The number of hydrogen-bond acceptors (Lipinski definition) is 2. The molecule has 0 N–H and O–H groups in total. The van der Waals surface area contributed by atoms with Gasteiger partial charge in [0.25, 0.3) is 0 Å². The molecule has 0 spiro atoms. The highest BCUT2D eigenvalue weighted by Gasteiger charge is 2.17. The number of benzene rings is 1. The Morgan fingerprint density at radius 3 is 2.80 bits per heavy atom. The molecule has 3 aromatic rings. The SMILES string of the molecule is Cn1c(=O)n(C2=CC=C2)c2c3cc(Br)ccc3ncc21. The highest BCUT2D eigenvalue weighted by Crippen LogP contribution is 2.28. The maximum Gasteiger partial charge on any atom is 0.333 e. The van der Waals surface area contributed by atoms with Crippen molar-refractivity contribution < 1.29 is 0 Å². The number of halogens is 1. The van der Waals surface area contributed by atoms with Crippen molar-refractivity contribution in [1.82, 2.24) is 14.1 Å². The van der Waals surface area contributed by atoms with Gasteiger partial charge in [0.05, 0.1) is 28.4 Å². The Bertz CT molecular complexity index is 992. The number of allylic oxidation sites excluding steroid dienone is 4. The summed E-state index contributed by atoms with van der Waals surface area (Å²) < 4.78 is 4.35. The molecule has 1 aliphatic rings. The van der Waals surface area contributed by atoms with Gasteiger partial charge in [-0.3, -0.25) is 14.1 Å². The van der Waals surface area contributed by atoms with Gasteiger partial charge in [-0.2, -0.15) is 0 Å². The van der Waals surface area contributed by atoms with Crippen molar-refractivity contribution in [3.05, 3.63) is 57.6 Å². The lowest BCUT2D eigenvalue weighted by Gasteiger charge is -2.10. The molecule has 0 atom stereocenters. The maximum absolute atomic E-state index is 12.5. The van der Waals surface area contributed by atoms with Crippen LogP contribution in [0.3, 0.4) is 0 Å². The predicted octanol–water partition coefficient (Wildman–Crippen LogP) is 3.06.